The molecular formula is C18H28ClRu-. The molecule has 0 N–H and O–H groups in total. The first-order chi connectivity index (χ1) is 8.45. The summed E-state index contributed by atoms with van der Waals surface area (Å²) in [6.07, 6.45) is 16.3. The van der Waals surface area contributed by atoms with Crippen LogP contribution in [0.3, 0.4) is 0 Å². The van der Waals surface area contributed by atoms with E-state index in [4.69, 9.17) is 0 Å². The van der Waals surface area contributed by atoms with Gasteiger partial charge in [-0.1, -0.05) is 55.4 Å². The van der Waals surface area contributed by atoms with Gasteiger partial charge in [-0.25, -0.2) is 0 Å². The van der Waals surface area contributed by atoms with Gasteiger partial charge in [0.15, 0.2) is 0 Å². The van der Waals surface area contributed by atoms with Crippen molar-refractivity contribution in [3.05, 3.63) is 47.1 Å². The SMILES string of the molecule is C1=C\CC/C=C\CC/1.CC1=CC(C)(C)C(C)=C1C.[Cl-].[Ru]. The third-order valence-corrected chi connectivity index (χ3v) is 4.03. The predicted molar refractivity (Wildman–Crippen MR) is 82.7 cm³/mol. The van der Waals surface area contributed by atoms with E-state index < -0.39 is 0 Å². The van der Waals surface area contributed by atoms with Crippen LogP contribution in [0.5, 0.6) is 0 Å². The van der Waals surface area contributed by atoms with E-state index in [9.17, 15) is 0 Å². The van der Waals surface area contributed by atoms with Crippen LogP contribution in [-0.4, -0.2) is 0 Å². The molecule has 116 valence electrons. The van der Waals surface area contributed by atoms with Crippen LogP contribution in [0, 0.1) is 5.41 Å². The Morgan fingerprint density at radius 3 is 1.30 bits per heavy atom. The van der Waals surface area contributed by atoms with Crippen molar-refractivity contribution in [2.75, 3.05) is 0 Å². The molecule has 2 aliphatic carbocycles. The minimum Gasteiger partial charge on any atom is -1.00 e. The van der Waals surface area contributed by atoms with E-state index in [1.807, 2.05) is 0 Å². The van der Waals surface area contributed by atoms with Crippen LogP contribution in [0.2, 0.25) is 0 Å². The third kappa shape index (κ3) is 7.05. The van der Waals surface area contributed by atoms with Crippen LogP contribution in [0.15, 0.2) is 47.1 Å². The number of halogens is 1. The van der Waals surface area contributed by atoms with Gasteiger partial charge in [0.2, 0.25) is 0 Å². The molecule has 2 heteroatoms. The molecule has 20 heavy (non-hydrogen) atoms. The zero-order valence-corrected chi connectivity index (χ0v) is 15.9. The summed E-state index contributed by atoms with van der Waals surface area (Å²) in [7, 11) is 0. The maximum absolute atomic E-state index is 2.34. The van der Waals surface area contributed by atoms with Crippen molar-refractivity contribution < 1.29 is 31.9 Å². The Bertz CT molecular complexity index is 372. The molecule has 2 rings (SSSR count). The average Bonchev–Trinajstić information content (AvgIpc) is 2.41. The van der Waals surface area contributed by atoms with Gasteiger partial charge in [-0.05, 0) is 52.0 Å². The molecule has 0 aliphatic heterocycles. The maximum Gasteiger partial charge on any atom is 0.00430 e. The molecule has 0 spiro atoms. The van der Waals surface area contributed by atoms with E-state index in [0.717, 1.165) is 0 Å². The first-order valence-electron chi connectivity index (χ1n) is 7.13. The normalized spacial score (nSPS) is 22.9. The van der Waals surface area contributed by atoms with Crippen molar-refractivity contribution >= 4 is 0 Å². The van der Waals surface area contributed by atoms with E-state index in [1.165, 1.54) is 42.4 Å². The second-order valence-corrected chi connectivity index (χ2v) is 5.90. The average molecular weight is 381 g/mol. The fourth-order valence-corrected chi connectivity index (χ4v) is 2.39. The monoisotopic (exact) mass is 381 g/mol. The first-order valence-corrected chi connectivity index (χ1v) is 7.13. The zero-order chi connectivity index (χ0) is 13.6. The minimum absolute atomic E-state index is 0. The molecule has 0 amide bonds. The molecule has 0 bridgehead atoms. The minimum atomic E-state index is 0. The molecule has 0 aromatic heterocycles. The Morgan fingerprint density at radius 2 is 1.15 bits per heavy atom. The fraction of sp³-hybridized carbons (Fsp3) is 0.556. The van der Waals surface area contributed by atoms with Gasteiger partial charge in [-0.15, -0.1) is 0 Å². The molecule has 0 fully saturated rings. The quantitative estimate of drug-likeness (QED) is 0.447. The van der Waals surface area contributed by atoms with Crippen LogP contribution in [0.25, 0.3) is 0 Å². The van der Waals surface area contributed by atoms with Gasteiger partial charge < -0.3 is 12.4 Å². The first kappa shape index (κ1) is 22.2. The van der Waals surface area contributed by atoms with Crippen molar-refractivity contribution in [3.63, 3.8) is 0 Å². The van der Waals surface area contributed by atoms with Crippen molar-refractivity contribution in [2.24, 2.45) is 5.41 Å². The number of hydrogen-bond donors (Lipinski definition) is 0. The Morgan fingerprint density at radius 1 is 0.800 bits per heavy atom. The molecule has 0 heterocycles. The topological polar surface area (TPSA) is 0 Å². The fourth-order valence-electron chi connectivity index (χ4n) is 2.39. The Labute approximate surface area is 144 Å². The standard InChI is InChI=1S/C10H16.C8H12.ClH.Ru/c1-7-6-10(4,5)9(3)8(7)2;1-2-4-6-8-7-5-3-1;;/h6H,1-5H3;1-2,7-8H,3-6H2;1H;/p-1/b;2-1-,8-7-;;. The van der Waals surface area contributed by atoms with E-state index in [0.29, 0.717) is 5.41 Å². The number of allylic oxidation sites excluding steroid dienone is 8. The van der Waals surface area contributed by atoms with Gasteiger partial charge in [-0.2, -0.15) is 0 Å². The summed E-state index contributed by atoms with van der Waals surface area (Å²) in [4.78, 5) is 0. The van der Waals surface area contributed by atoms with Gasteiger partial charge in [0.05, 0.1) is 0 Å². The summed E-state index contributed by atoms with van der Waals surface area (Å²) < 4.78 is 0. The van der Waals surface area contributed by atoms with E-state index in [1.54, 1.807) is 0 Å². The largest absolute Gasteiger partial charge is 1.00 e. The molecule has 0 saturated carbocycles. The van der Waals surface area contributed by atoms with E-state index in [-0.39, 0.29) is 31.9 Å². The molecule has 2 aliphatic rings. The van der Waals surface area contributed by atoms with Crippen molar-refractivity contribution in [2.45, 2.75) is 60.3 Å². The summed E-state index contributed by atoms with van der Waals surface area (Å²) >= 11 is 0. The molecular weight excluding hydrogens is 353 g/mol. The van der Waals surface area contributed by atoms with Crippen LogP contribution in [-0.2, 0) is 19.5 Å². The zero-order valence-electron chi connectivity index (χ0n) is 13.4. The van der Waals surface area contributed by atoms with Crippen molar-refractivity contribution in [1.82, 2.24) is 0 Å². The van der Waals surface area contributed by atoms with Crippen LogP contribution < -0.4 is 12.4 Å². The molecule has 0 aromatic carbocycles. The van der Waals surface area contributed by atoms with Crippen LogP contribution in [0.4, 0.5) is 0 Å². The Hall–Kier alpha value is -0.127. The summed E-state index contributed by atoms with van der Waals surface area (Å²) in [5.74, 6) is 0. The second-order valence-electron chi connectivity index (χ2n) is 5.90. The Balaban J connectivity index is 0. The van der Waals surface area contributed by atoms with Crippen molar-refractivity contribution in [1.29, 1.82) is 0 Å². The predicted octanol–water partition coefficient (Wildman–Crippen LogP) is 2.98. The molecule has 0 saturated heterocycles. The van der Waals surface area contributed by atoms with Gasteiger partial charge >= 0.3 is 0 Å². The van der Waals surface area contributed by atoms with Crippen LogP contribution in [0.1, 0.15) is 60.3 Å². The van der Waals surface area contributed by atoms with Crippen LogP contribution >= 0.6 is 0 Å². The Kier molecular flexibility index (Phi) is 11.7. The van der Waals surface area contributed by atoms with Gasteiger partial charge in [0, 0.05) is 24.9 Å². The summed E-state index contributed by atoms with van der Waals surface area (Å²) in [6.45, 7) is 11.1. The summed E-state index contributed by atoms with van der Waals surface area (Å²) in [5.41, 5.74) is 4.76. The second kappa shape index (κ2) is 10.6. The third-order valence-electron chi connectivity index (χ3n) is 4.03. The molecule has 0 unspecified atom stereocenters. The van der Waals surface area contributed by atoms with Gasteiger partial charge in [0.1, 0.15) is 0 Å². The van der Waals surface area contributed by atoms with Gasteiger partial charge in [-0.3, -0.25) is 0 Å². The number of rotatable bonds is 0. The molecule has 0 aromatic rings. The molecule has 0 nitrogen and oxygen atoms in total. The summed E-state index contributed by atoms with van der Waals surface area (Å²) in [6, 6.07) is 0. The number of hydrogen-bond acceptors (Lipinski definition) is 0. The molecule has 0 radical (unpaired) electrons. The van der Waals surface area contributed by atoms with Gasteiger partial charge in [0.25, 0.3) is 0 Å². The van der Waals surface area contributed by atoms with Crippen molar-refractivity contribution in [3.8, 4) is 0 Å². The van der Waals surface area contributed by atoms with E-state index >= 15 is 0 Å². The smallest absolute Gasteiger partial charge is 0.00430 e. The maximum atomic E-state index is 2.34. The summed E-state index contributed by atoms with van der Waals surface area (Å²) in [5, 5.41) is 0. The molecule has 0 atom stereocenters. The van der Waals surface area contributed by atoms with E-state index in [2.05, 4.69) is 65.0 Å².